The lowest BCUT2D eigenvalue weighted by Gasteiger charge is -2.32. The minimum Gasteiger partial charge on any atom is -0.453 e. The molecule has 3 rings (SSSR count). The first-order valence-corrected chi connectivity index (χ1v) is 15.7. The highest BCUT2D eigenvalue weighted by Gasteiger charge is 2.34. The predicted molar refractivity (Wildman–Crippen MR) is 181 cm³/mol. The van der Waals surface area contributed by atoms with Crippen molar-refractivity contribution in [2.45, 2.75) is 72.3 Å². The van der Waals surface area contributed by atoms with E-state index >= 15 is 0 Å². The number of nitrogens with one attached hydrogen (secondary N) is 3. The lowest BCUT2D eigenvalue weighted by atomic mass is 9.86. The highest BCUT2D eigenvalue weighted by Crippen LogP contribution is 2.21. The van der Waals surface area contributed by atoms with E-state index in [2.05, 4.69) is 21.0 Å². The fourth-order valence-corrected chi connectivity index (χ4v) is 4.94. The van der Waals surface area contributed by atoms with Gasteiger partial charge >= 0.3 is 12.2 Å². The van der Waals surface area contributed by atoms with Gasteiger partial charge in [-0.15, -0.1) is 0 Å². The van der Waals surface area contributed by atoms with Gasteiger partial charge in [-0.2, -0.15) is 0 Å². The molecule has 1 heterocycles. The van der Waals surface area contributed by atoms with Gasteiger partial charge in [0.1, 0.15) is 11.6 Å². The third-order valence-electron chi connectivity index (χ3n) is 7.34. The van der Waals surface area contributed by atoms with Crippen LogP contribution in [0, 0.1) is 11.3 Å². The number of carbonyl (C=O) groups is 3. The van der Waals surface area contributed by atoms with E-state index in [-0.39, 0.29) is 19.6 Å². The summed E-state index contributed by atoms with van der Waals surface area (Å²) in [5, 5.41) is 18.8. The monoisotopic (exact) mass is 647 g/mol. The molecule has 0 radical (unpaired) electrons. The molecular formula is C36H49N5O6. The van der Waals surface area contributed by atoms with Gasteiger partial charge in [0.15, 0.2) is 0 Å². The number of methoxy groups -OCH3 is 1. The lowest BCUT2D eigenvalue weighted by molar-refractivity contribution is -0.125. The van der Waals surface area contributed by atoms with E-state index in [1.165, 1.54) is 7.11 Å². The van der Waals surface area contributed by atoms with Crippen molar-refractivity contribution in [1.82, 2.24) is 26.1 Å². The highest BCUT2D eigenvalue weighted by molar-refractivity contribution is 5.86. The zero-order valence-electron chi connectivity index (χ0n) is 28.4. The van der Waals surface area contributed by atoms with Crippen LogP contribution in [0.2, 0.25) is 0 Å². The topological polar surface area (TPSA) is 142 Å². The molecule has 0 bridgehead atoms. The Morgan fingerprint density at radius 2 is 1.53 bits per heavy atom. The number of aliphatic hydroxyl groups excluding tert-OH is 1. The average Bonchev–Trinajstić information content (AvgIpc) is 3.01. The number of carbonyl (C=O) groups excluding carboxylic acids is 3. The summed E-state index contributed by atoms with van der Waals surface area (Å²) >= 11 is 0. The zero-order chi connectivity index (χ0) is 34.6. The molecule has 3 atom stereocenters. The number of amides is 3. The summed E-state index contributed by atoms with van der Waals surface area (Å²) in [6.07, 6.45) is -0.154. The zero-order valence-corrected chi connectivity index (χ0v) is 28.4. The van der Waals surface area contributed by atoms with Crippen LogP contribution in [0.25, 0.3) is 11.3 Å². The number of hydrogen-bond donors (Lipinski definition) is 4. The quantitative estimate of drug-likeness (QED) is 0.188. The maximum absolute atomic E-state index is 13.3. The van der Waals surface area contributed by atoms with E-state index in [9.17, 15) is 19.5 Å². The normalized spacial score (nSPS) is 13.6. The Hall–Kier alpha value is -4.48. The minimum atomic E-state index is -0.986. The van der Waals surface area contributed by atoms with Crippen molar-refractivity contribution in [3.8, 4) is 11.3 Å². The molecule has 0 saturated heterocycles. The van der Waals surface area contributed by atoms with Crippen LogP contribution in [0.3, 0.4) is 0 Å². The number of alkyl carbamates (subject to hydrolysis) is 1. The Kier molecular flexibility index (Phi) is 13.3. The smallest absolute Gasteiger partial charge is 0.422 e. The number of rotatable bonds is 13. The number of benzene rings is 2. The lowest BCUT2D eigenvalue weighted by Crippen LogP contribution is -2.55. The molecule has 3 amide bonds. The van der Waals surface area contributed by atoms with E-state index in [4.69, 9.17) is 9.47 Å². The van der Waals surface area contributed by atoms with Crippen LogP contribution in [0.5, 0.6) is 0 Å². The summed E-state index contributed by atoms with van der Waals surface area (Å²) < 4.78 is 10.2. The summed E-state index contributed by atoms with van der Waals surface area (Å²) in [6.45, 7) is 11.3. The van der Waals surface area contributed by atoms with Crippen molar-refractivity contribution >= 4 is 18.1 Å². The Bertz CT molecular complexity index is 1420. The summed E-state index contributed by atoms with van der Waals surface area (Å²) in [5.41, 5.74) is 5.14. The summed E-state index contributed by atoms with van der Waals surface area (Å²) in [6, 6.07) is 22.3. The maximum atomic E-state index is 13.3. The fourth-order valence-electron chi connectivity index (χ4n) is 4.94. The third kappa shape index (κ3) is 12.7. The molecular weight excluding hydrogens is 598 g/mol. The van der Waals surface area contributed by atoms with E-state index < -0.39 is 47.2 Å². The van der Waals surface area contributed by atoms with Crippen LogP contribution in [0.4, 0.5) is 9.59 Å². The van der Waals surface area contributed by atoms with E-state index in [1.54, 1.807) is 32.0 Å². The third-order valence-corrected chi connectivity index (χ3v) is 7.34. The van der Waals surface area contributed by atoms with Gasteiger partial charge in [0.2, 0.25) is 5.91 Å². The van der Waals surface area contributed by atoms with Crippen LogP contribution < -0.4 is 16.1 Å². The van der Waals surface area contributed by atoms with Crippen LogP contribution in [0.1, 0.15) is 52.7 Å². The molecule has 4 N–H and O–H groups in total. The van der Waals surface area contributed by atoms with Crippen molar-refractivity contribution in [3.63, 3.8) is 0 Å². The maximum Gasteiger partial charge on any atom is 0.422 e. The molecule has 3 aromatic rings. The van der Waals surface area contributed by atoms with Crippen LogP contribution in [-0.2, 0) is 27.2 Å². The van der Waals surface area contributed by atoms with E-state index in [0.717, 1.165) is 22.4 Å². The molecule has 11 heteroatoms. The van der Waals surface area contributed by atoms with Crippen LogP contribution in [-0.4, -0.2) is 71.1 Å². The van der Waals surface area contributed by atoms with Gasteiger partial charge in [-0.05, 0) is 55.9 Å². The van der Waals surface area contributed by atoms with Gasteiger partial charge in [0, 0.05) is 37.3 Å². The van der Waals surface area contributed by atoms with Crippen molar-refractivity contribution in [2.24, 2.45) is 11.3 Å². The molecule has 47 heavy (non-hydrogen) atoms. The highest BCUT2D eigenvalue weighted by atomic mass is 16.6. The largest absolute Gasteiger partial charge is 0.453 e. The number of aromatic nitrogens is 1. The second-order valence-corrected chi connectivity index (χ2v) is 13.6. The van der Waals surface area contributed by atoms with Gasteiger partial charge in [-0.25, -0.2) is 14.6 Å². The molecule has 11 nitrogen and oxygen atoms in total. The SMILES string of the molecule is COC(=O)N[C@H](C(=O)NC[C@@H](Cc1ccccc1)[C@@H](O)CN(Cc1ccc(-c2ccccn2)cc1)NC(=O)OC(C)(C)C)C(C)(C)C. The van der Waals surface area contributed by atoms with Crippen molar-refractivity contribution in [1.29, 1.82) is 0 Å². The van der Waals surface area contributed by atoms with Gasteiger partial charge in [0.05, 0.1) is 18.9 Å². The molecule has 0 fully saturated rings. The molecule has 1 aromatic heterocycles. The predicted octanol–water partition coefficient (Wildman–Crippen LogP) is 5.10. The van der Waals surface area contributed by atoms with Gasteiger partial charge < -0.3 is 25.2 Å². The van der Waals surface area contributed by atoms with Crippen molar-refractivity contribution in [3.05, 3.63) is 90.1 Å². The molecule has 0 saturated carbocycles. The number of pyridine rings is 1. The average molecular weight is 648 g/mol. The Balaban J connectivity index is 1.82. The molecule has 0 aliphatic heterocycles. The second kappa shape index (κ2) is 16.9. The molecule has 0 aliphatic carbocycles. The number of hydrogen-bond acceptors (Lipinski definition) is 8. The van der Waals surface area contributed by atoms with Crippen molar-refractivity contribution < 1.29 is 29.0 Å². The molecule has 0 aliphatic rings. The van der Waals surface area contributed by atoms with E-state index in [0.29, 0.717) is 6.42 Å². The number of hydrazine groups is 1. The number of nitrogens with zero attached hydrogens (tertiary/aromatic N) is 2. The Morgan fingerprint density at radius 3 is 2.11 bits per heavy atom. The summed E-state index contributed by atoms with van der Waals surface area (Å²) in [5.74, 6) is -0.848. The summed E-state index contributed by atoms with van der Waals surface area (Å²) in [4.78, 5) is 42.6. The minimum absolute atomic E-state index is 0.0394. The molecule has 0 unspecified atom stereocenters. The number of ether oxygens (including phenoxy) is 2. The van der Waals surface area contributed by atoms with Crippen LogP contribution in [0.15, 0.2) is 79.0 Å². The Labute approximate surface area is 278 Å². The first-order chi connectivity index (χ1) is 22.1. The standard InChI is InChI=1S/C36H49N5O6/c1-35(2,3)31(39-33(44)46-7)32(43)38-22-28(21-25-13-9-8-10-14-25)30(42)24-41(40-34(45)47-36(4,5)6)23-26-16-18-27(19-17-26)29-15-11-12-20-37-29/h8-20,28,30-31,42H,21-24H2,1-7H3,(H,38,43)(H,39,44)(H,40,45)/t28-,30+,31-/m1/s1. The number of aliphatic hydroxyl groups is 1. The van der Waals surface area contributed by atoms with Crippen LogP contribution >= 0.6 is 0 Å². The molecule has 254 valence electrons. The van der Waals surface area contributed by atoms with E-state index in [1.807, 2.05) is 93.6 Å². The van der Waals surface area contributed by atoms with Gasteiger partial charge in [-0.1, -0.05) is 81.4 Å². The fraction of sp³-hybridized carbons (Fsp3) is 0.444. The first kappa shape index (κ1) is 37.0. The molecule has 2 aromatic carbocycles. The Morgan fingerprint density at radius 1 is 0.872 bits per heavy atom. The van der Waals surface area contributed by atoms with Gasteiger partial charge in [0.25, 0.3) is 0 Å². The summed E-state index contributed by atoms with van der Waals surface area (Å²) in [7, 11) is 1.24. The molecule has 0 spiro atoms. The van der Waals surface area contributed by atoms with Gasteiger partial charge in [-0.3, -0.25) is 15.2 Å². The second-order valence-electron chi connectivity index (χ2n) is 13.6. The first-order valence-electron chi connectivity index (χ1n) is 15.7. The van der Waals surface area contributed by atoms with Crippen molar-refractivity contribution in [2.75, 3.05) is 20.2 Å².